The maximum absolute atomic E-state index is 5.08. The third kappa shape index (κ3) is 5.61. The molecule has 9 aromatic carbocycles. The van der Waals surface area contributed by atoms with E-state index in [9.17, 15) is 0 Å². The van der Waals surface area contributed by atoms with Crippen molar-refractivity contribution in [1.29, 1.82) is 0 Å². The van der Waals surface area contributed by atoms with Gasteiger partial charge in [-0.3, -0.25) is 0 Å². The van der Waals surface area contributed by atoms with Crippen molar-refractivity contribution >= 4 is 54.4 Å². The van der Waals surface area contributed by atoms with E-state index < -0.39 is 0 Å². The summed E-state index contributed by atoms with van der Waals surface area (Å²) in [6, 6.07) is 78.1. The molecule has 0 saturated heterocycles. The van der Waals surface area contributed by atoms with Crippen LogP contribution in [0.2, 0.25) is 0 Å². The van der Waals surface area contributed by atoms with Crippen molar-refractivity contribution in [3.8, 4) is 56.4 Å². The summed E-state index contributed by atoms with van der Waals surface area (Å²) in [6.45, 7) is 0. The molecule has 0 atom stereocenters. The molecule has 0 spiro atoms. The van der Waals surface area contributed by atoms with Crippen LogP contribution in [0.4, 0.5) is 0 Å². The van der Waals surface area contributed by atoms with Crippen molar-refractivity contribution in [3.63, 3.8) is 0 Å². The number of para-hydroxylation sites is 3. The SMILES string of the molecule is c1ccc(-c2cc(-c3ccccc3)nc(-c3ccc4cc(-c5ccc6c7ccccc7n(-c7cccc(-n8c9ccccc9c9ccccc98)c7)c6c5)ccc4c3)n2)cc1. The molecule has 4 heteroatoms. The van der Waals surface area contributed by atoms with Crippen LogP contribution >= 0.6 is 0 Å². The lowest BCUT2D eigenvalue weighted by Gasteiger charge is -2.13. The van der Waals surface area contributed by atoms with E-state index in [1.54, 1.807) is 0 Å². The summed E-state index contributed by atoms with van der Waals surface area (Å²) in [6.07, 6.45) is 0. The molecule has 0 bridgehead atoms. The Kier molecular flexibility index (Phi) is 7.82. The van der Waals surface area contributed by atoms with Crippen LogP contribution in [0.25, 0.3) is 111 Å². The standard InChI is InChI=1S/C56H36N4/c1-3-14-37(15-4-1)50-36-51(38-16-5-2-6-17-38)58-56(57-50)43-29-28-39-32-40(26-27-41(39)33-43)42-30-31-49-48-22-9-12-25-54(48)60(55(49)34-42)45-19-13-18-44(35-45)59-52-23-10-7-20-46(52)47-21-8-11-24-53(47)59/h1-36H. The van der Waals surface area contributed by atoms with Crippen molar-refractivity contribution in [2.24, 2.45) is 0 Å². The van der Waals surface area contributed by atoms with Gasteiger partial charge in [-0.1, -0.05) is 158 Å². The van der Waals surface area contributed by atoms with Gasteiger partial charge in [0.25, 0.3) is 0 Å². The Balaban J connectivity index is 0.958. The van der Waals surface area contributed by atoms with Crippen LogP contribution in [0, 0.1) is 0 Å². The fourth-order valence-electron chi connectivity index (χ4n) is 9.05. The Labute approximate surface area is 346 Å². The minimum absolute atomic E-state index is 0.710. The number of nitrogens with zero attached hydrogens (tertiary/aromatic N) is 4. The zero-order chi connectivity index (χ0) is 39.6. The molecule has 0 amide bonds. The summed E-state index contributed by atoms with van der Waals surface area (Å²) in [4.78, 5) is 10.2. The van der Waals surface area contributed by atoms with Gasteiger partial charge < -0.3 is 9.13 Å². The molecule has 0 aliphatic carbocycles. The highest BCUT2D eigenvalue weighted by Gasteiger charge is 2.17. The quantitative estimate of drug-likeness (QED) is 0.169. The molecule has 280 valence electrons. The first-order valence-corrected chi connectivity index (χ1v) is 20.4. The van der Waals surface area contributed by atoms with Gasteiger partial charge in [0.15, 0.2) is 5.82 Å². The van der Waals surface area contributed by atoms with Crippen molar-refractivity contribution in [2.75, 3.05) is 0 Å². The van der Waals surface area contributed by atoms with Crippen LogP contribution in [0.3, 0.4) is 0 Å². The maximum Gasteiger partial charge on any atom is 0.160 e. The lowest BCUT2D eigenvalue weighted by atomic mass is 9.98. The molecule has 0 saturated carbocycles. The Morgan fingerprint density at radius 1 is 0.267 bits per heavy atom. The summed E-state index contributed by atoms with van der Waals surface area (Å²) in [7, 11) is 0. The van der Waals surface area contributed by atoms with Crippen LogP contribution in [-0.2, 0) is 0 Å². The Bertz CT molecular complexity index is 3490. The zero-order valence-electron chi connectivity index (χ0n) is 32.6. The highest BCUT2D eigenvalue weighted by Crippen LogP contribution is 2.38. The second-order valence-electron chi connectivity index (χ2n) is 15.4. The first-order chi connectivity index (χ1) is 29.7. The maximum atomic E-state index is 5.08. The first-order valence-electron chi connectivity index (χ1n) is 20.4. The largest absolute Gasteiger partial charge is 0.309 e. The molecule has 0 fully saturated rings. The fraction of sp³-hybridized carbons (Fsp3) is 0. The van der Waals surface area contributed by atoms with E-state index in [-0.39, 0.29) is 0 Å². The van der Waals surface area contributed by atoms with Crippen LogP contribution < -0.4 is 0 Å². The number of benzene rings is 9. The Morgan fingerprint density at radius 2 is 0.700 bits per heavy atom. The van der Waals surface area contributed by atoms with Crippen molar-refractivity contribution in [2.45, 2.75) is 0 Å². The van der Waals surface area contributed by atoms with Gasteiger partial charge in [-0.15, -0.1) is 0 Å². The molecule has 0 aliphatic heterocycles. The molecule has 4 nitrogen and oxygen atoms in total. The normalized spacial score (nSPS) is 11.7. The summed E-state index contributed by atoms with van der Waals surface area (Å²) in [5.41, 5.74) is 14.3. The van der Waals surface area contributed by atoms with E-state index >= 15 is 0 Å². The van der Waals surface area contributed by atoms with E-state index in [1.165, 1.54) is 60.1 Å². The Morgan fingerprint density at radius 3 is 1.27 bits per heavy atom. The minimum atomic E-state index is 0.710. The van der Waals surface area contributed by atoms with Crippen LogP contribution in [0.5, 0.6) is 0 Å². The van der Waals surface area contributed by atoms with Gasteiger partial charge in [-0.05, 0) is 82.6 Å². The average molecular weight is 765 g/mol. The molecule has 0 aliphatic rings. The van der Waals surface area contributed by atoms with E-state index in [2.05, 4.69) is 215 Å². The first kappa shape index (κ1) is 34.0. The molecule has 3 heterocycles. The third-order valence-corrected chi connectivity index (χ3v) is 11.9. The van der Waals surface area contributed by atoms with Crippen LogP contribution in [0.15, 0.2) is 218 Å². The second-order valence-corrected chi connectivity index (χ2v) is 15.4. The topological polar surface area (TPSA) is 35.6 Å². The van der Waals surface area contributed by atoms with E-state index in [4.69, 9.17) is 9.97 Å². The van der Waals surface area contributed by atoms with Crippen LogP contribution in [-0.4, -0.2) is 19.1 Å². The smallest absolute Gasteiger partial charge is 0.160 e. The molecule has 12 aromatic rings. The molecule has 0 N–H and O–H groups in total. The molecule has 0 unspecified atom stereocenters. The van der Waals surface area contributed by atoms with Crippen molar-refractivity contribution < 1.29 is 0 Å². The number of hydrogen-bond donors (Lipinski definition) is 0. The van der Waals surface area contributed by atoms with Gasteiger partial charge in [0.05, 0.1) is 33.5 Å². The second kappa shape index (κ2) is 13.8. The molecule has 60 heavy (non-hydrogen) atoms. The summed E-state index contributed by atoms with van der Waals surface area (Å²) in [5.74, 6) is 0.710. The summed E-state index contributed by atoms with van der Waals surface area (Å²) >= 11 is 0. The number of aromatic nitrogens is 4. The van der Waals surface area contributed by atoms with Crippen LogP contribution in [0.1, 0.15) is 0 Å². The van der Waals surface area contributed by atoms with Crippen molar-refractivity contribution in [3.05, 3.63) is 218 Å². The molecule has 12 rings (SSSR count). The van der Waals surface area contributed by atoms with E-state index in [0.717, 1.165) is 44.8 Å². The number of rotatable bonds is 6. The molecule has 3 aromatic heterocycles. The lowest BCUT2D eigenvalue weighted by molar-refractivity contribution is 1.13. The third-order valence-electron chi connectivity index (χ3n) is 11.9. The minimum Gasteiger partial charge on any atom is -0.309 e. The van der Waals surface area contributed by atoms with E-state index in [1.807, 2.05) is 12.1 Å². The summed E-state index contributed by atoms with van der Waals surface area (Å²) in [5, 5.41) is 7.29. The van der Waals surface area contributed by atoms with Gasteiger partial charge in [0.1, 0.15) is 0 Å². The van der Waals surface area contributed by atoms with E-state index in [0.29, 0.717) is 5.82 Å². The zero-order valence-corrected chi connectivity index (χ0v) is 32.6. The number of fused-ring (bicyclic) bond motifs is 7. The van der Waals surface area contributed by atoms with Gasteiger partial charge in [-0.2, -0.15) is 0 Å². The van der Waals surface area contributed by atoms with Gasteiger partial charge >= 0.3 is 0 Å². The lowest BCUT2D eigenvalue weighted by Crippen LogP contribution is -1.98. The summed E-state index contributed by atoms with van der Waals surface area (Å²) < 4.78 is 4.81. The predicted molar refractivity (Wildman–Crippen MR) is 250 cm³/mol. The fourth-order valence-corrected chi connectivity index (χ4v) is 9.05. The molecule has 0 radical (unpaired) electrons. The van der Waals surface area contributed by atoms with Crippen molar-refractivity contribution in [1.82, 2.24) is 19.1 Å². The predicted octanol–water partition coefficient (Wildman–Crippen LogP) is 14.5. The highest BCUT2D eigenvalue weighted by molar-refractivity contribution is 6.11. The van der Waals surface area contributed by atoms with Gasteiger partial charge in [0.2, 0.25) is 0 Å². The molecular formula is C56H36N4. The average Bonchev–Trinajstić information content (AvgIpc) is 3.84. The Hall–Kier alpha value is -8.08. The van der Waals surface area contributed by atoms with Gasteiger partial charge in [-0.25, -0.2) is 9.97 Å². The molecular weight excluding hydrogens is 729 g/mol. The number of hydrogen-bond acceptors (Lipinski definition) is 2. The van der Waals surface area contributed by atoms with Gasteiger partial charge in [0, 0.05) is 49.6 Å². The highest BCUT2D eigenvalue weighted by atomic mass is 15.0. The monoisotopic (exact) mass is 764 g/mol.